The van der Waals surface area contributed by atoms with Crippen molar-refractivity contribution < 1.29 is 22.7 Å². The molecule has 2 aliphatic carbocycles. The molecule has 2 saturated carbocycles. The van der Waals surface area contributed by atoms with Crippen molar-refractivity contribution in [2.24, 2.45) is 17.8 Å². The normalized spacial score (nSPS) is 24.6. The summed E-state index contributed by atoms with van der Waals surface area (Å²) in [6.45, 7) is 3.65. The fourth-order valence-corrected chi connectivity index (χ4v) is 6.32. The van der Waals surface area contributed by atoms with Gasteiger partial charge in [0.1, 0.15) is 0 Å². The maximum absolute atomic E-state index is 13.0. The minimum absolute atomic E-state index is 0.00963. The number of carbonyl (C=O) groups excluding carboxylic acids is 2. The summed E-state index contributed by atoms with van der Waals surface area (Å²) in [6, 6.07) is 5.17. The van der Waals surface area contributed by atoms with E-state index in [4.69, 9.17) is 4.74 Å². The van der Waals surface area contributed by atoms with Crippen LogP contribution in [0.2, 0.25) is 0 Å². The molecule has 188 valence electrons. The van der Waals surface area contributed by atoms with E-state index < -0.39 is 10.0 Å². The Balaban J connectivity index is 1.28. The van der Waals surface area contributed by atoms with Crippen molar-refractivity contribution in [1.82, 2.24) is 10.0 Å². The summed E-state index contributed by atoms with van der Waals surface area (Å²) in [5, 5.41) is 2.97. The van der Waals surface area contributed by atoms with E-state index >= 15 is 0 Å². The number of benzene rings is 1. The Kier molecular flexibility index (Phi) is 7.94. The van der Waals surface area contributed by atoms with Crippen molar-refractivity contribution in [3.8, 4) is 0 Å². The van der Waals surface area contributed by atoms with E-state index in [0.29, 0.717) is 26.1 Å². The molecule has 0 unspecified atom stereocenters. The standard InChI is InChI=1S/C25H37N3O5S/c1-17-14-21-15-22(10-11-23(21)28(17)25(30)20-8-9-20)34(31,32)27-16-18-4-6-19(7-5-18)24(29)26-12-3-13-33-2/h10-11,15,17-20,27H,3-9,12-14,16H2,1-2H3,(H,26,29)/t17-,18?,19?/m0/s1. The average molecular weight is 492 g/mol. The SMILES string of the molecule is COCCCNC(=O)C1CCC(CNS(=O)(=O)c2ccc3c(c2)C[C@H](C)N3C(=O)C2CC2)CC1. The monoisotopic (exact) mass is 491 g/mol. The molecule has 4 rings (SSSR count). The highest BCUT2D eigenvalue weighted by Gasteiger charge is 2.39. The number of ether oxygens (including phenoxy) is 1. The quantitative estimate of drug-likeness (QED) is 0.490. The second kappa shape index (κ2) is 10.7. The number of nitrogens with zero attached hydrogens (tertiary/aromatic N) is 1. The topological polar surface area (TPSA) is 105 Å². The van der Waals surface area contributed by atoms with Crippen molar-refractivity contribution >= 4 is 27.5 Å². The van der Waals surface area contributed by atoms with Crippen LogP contribution in [0, 0.1) is 17.8 Å². The number of rotatable bonds is 10. The molecule has 0 aromatic heterocycles. The lowest BCUT2D eigenvalue weighted by atomic mass is 9.81. The van der Waals surface area contributed by atoms with Gasteiger partial charge in [0.25, 0.3) is 0 Å². The fraction of sp³-hybridized carbons (Fsp3) is 0.680. The number of sulfonamides is 1. The molecular weight excluding hydrogens is 454 g/mol. The van der Waals surface area contributed by atoms with Crippen LogP contribution in [0.1, 0.15) is 57.4 Å². The molecule has 2 amide bonds. The van der Waals surface area contributed by atoms with Crippen LogP contribution in [-0.4, -0.2) is 53.1 Å². The number of nitrogens with one attached hydrogen (secondary N) is 2. The first kappa shape index (κ1) is 25.1. The predicted molar refractivity (Wildman–Crippen MR) is 130 cm³/mol. The zero-order chi connectivity index (χ0) is 24.3. The molecule has 8 nitrogen and oxygen atoms in total. The largest absolute Gasteiger partial charge is 0.385 e. The van der Waals surface area contributed by atoms with Crippen LogP contribution in [0.5, 0.6) is 0 Å². The molecule has 2 N–H and O–H groups in total. The zero-order valence-electron chi connectivity index (χ0n) is 20.2. The van der Waals surface area contributed by atoms with Gasteiger partial charge in [-0.25, -0.2) is 13.1 Å². The maximum Gasteiger partial charge on any atom is 0.240 e. The first-order chi connectivity index (χ1) is 16.3. The molecule has 3 aliphatic rings. The van der Waals surface area contributed by atoms with Crippen molar-refractivity contribution in [2.75, 3.05) is 31.7 Å². The third-order valence-electron chi connectivity index (χ3n) is 7.34. The number of fused-ring (bicyclic) bond motifs is 1. The van der Waals surface area contributed by atoms with E-state index in [1.54, 1.807) is 25.3 Å². The van der Waals surface area contributed by atoms with Gasteiger partial charge in [-0.05, 0) is 88.0 Å². The van der Waals surface area contributed by atoms with Crippen LogP contribution in [0.4, 0.5) is 5.69 Å². The molecule has 0 bridgehead atoms. The van der Waals surface area contributed by atoms with E-state index in [-0.39, 0.29) is 40.5 Å². The van der Waals surface area contributed by atoms with Crippen LogP contribution in [-0.2, 0) is 30.8 Å². The van der Waals surface area contributed by atoms with E-state index in [2.05, 4.69) is 10.0 Å². The van der Waals surface area contributed by atoms with Gasteiger partial charge >= 0.3 is 0 Å². The molecule has 1 atom stereocenters. The van der Waals surface area contributed by atoms with Crippen molar-refractivity contribution in [2.45, 2.75) is 69.2 Å². The van der Waals surface area contributed by atoms with E-state index in [1.807, 2.05) is 11.8 Å². The number of hydrogen-bond acceptors (Lipinski definition) is 5. The minimum atomic E-state index is -3.63. The molecule has 1 aromatic rings. The molecule has 0 spiro atoms. The van der Waals surface area contributed by atoms with Gasteiger partial charge in [-0.15, -0.1) is 0 Å². The van der Waals surface area contributed by atoms with Gasteiger partial charge in [-0.1, -0.05) is 0 Å². The van der Waals surface area contributed by atoms with Crippen molar-refractivity contribution in [3.63, 3.8) is 0 Å². The second-order valence-electron chi connectivity index (χ2n) is 10.0. The highest BCUT2D eigenvalue weighted by molar-refractivity contribution is 7.89. The summed E-state index contributed by atoms with van der Waals surface area (Å²) in [4.78, 5) is 27.1. The summed E-state index contributed by atoms with van der Waals surface area (Å²) in [5.74, 6) is 0.634. The van der Waals surface area contributed by atoms with Crippen molar-refractivity contribution in [1.29, 1.82) is 0 Å². The number of amides is 2. The number of anilines is 1. The third kappa shape index (κ3) is 5.80. The summed E-state index contributed by atoms with van der Waals surface area (Å²) in [5.41, 5.74) is 1.77. The zero-order valence-corrected chi connectivity index (χ0v) is 21.0. The lowest BCUT2D eigenvalue weighted by Gasteiger charge is -2.28. The molecule has 0 radical (unpaired) electrons. The Bertz CT molecular complexity index is 1000. The number of hydrogen-bond donors (Lipinski definition) is 2. The van der Waals surface area contributed by atoms with Crippen LogP contribution in [0.15, 0.2) is 23.1 Å². The van der Waals surface area contributed by atoms with Crippen LogP contribution in [0.3, 0.4) is 0 Å². The molecule has 2 fully saturated rings. The summed E-state index contributed by atoms with van der Waals surface area (Å²) >= 11 is 0. The van der Waals surface area contributed by atoms with Crippen molar-refractivity contribution in [3.05, 3.63) is 23.8 Å². The van der Waals surface area contributed by atoms with E-state index in [9.17, 15) is 18.0 Å². The molecule has 1 aliphatic heterocycles. The van der Waals surface area contributed by atoms with Gasteiger partial charge in [-0.3, -0.25) is 9.59 Å². The number of carbonyl (C=O) groups is 2. The second-order valence-corrected chi connectivity index (χ2v) is 11.8. The highest BCUT2D eigenvalue weighted by Crippen LogP contribution is 2.39. The van der Waals surface area contributed by atoms with Gasteiger partial charge in [-0.2, -0.15) is 0 Å². The molecular formula is C25H37N3O5S. The molecule has 34 heavy (non-hydrogen) atoms. The minimum Gasteiger partial charge on any atom is -0.385 e. The van der Waals surface area contributed by atoms with Crippen LogP contribution in [0.25, 0.3) is 0 Å². The van der Waals surface area contributed by atoms with Crippen LogP contribution >= 0.6 is 0 Å². The van der Waals surface area contributed by atoms with Gasteiger partial charge in [0.2, 0.25) is 21.8 Å². The van der Waals surface area contributed by atoms with Crippen LogP contribution < -0.4 is 14.9 Å². The number of methoxy groups -OCH3 is 1. The van der Waals surface area contributed by atoms with Gasteiger partial charge < -0.3 is 15.0 Å². The van der Waals surface area contributed by atoms with Gasteiger partial charge in [0, 0.05) is 50.4 Å². The lowest BCUT2D eigenvalue weighted by Crippen LogP contribution is -2.36. The summed E-state index contributed by atoms with van der Waals surface area (Å²) < 4.78 is 33.7. The Hall–Kier alpha value is -1.97. The summed E-state index contributed by atoms with van der Waals surface area (Å²) in [7, 11) is -1.99. The Morgan fingerprint density at radius 3 is 2.47 bits per heavy atom. The van der Waals surface area contributed by atoms with E-state index in [0.717, 1.165) is 56.2 Å². The maximum atomic E-state index is 13.0. The Morgan fingerprint density at radius 1 is 1.09 bits per heavy atom. The fourth-order valence-electron chi connectivity index (χ4n) is 5.15. The smallest absolute Gasteiger partial charge is 0.240 e. The molecule has 1 heterocycles. The molecule has 1 aromatic carbocycles. The van der Waals surface area contributed by atoms with Gasteiger partial charge in [0.05, 0.1) is 4.90 Å². The first-order valence-electron chi connectivity index (χ1n) is 12.5. The highest BCUT2D eigenvalue weighted by atomic mass is 32.2. The first-order valence-corrected chi connectivity index (χ1v) is 14.0. The lowest BCUT2D eigenvalue weighted by molar-refractivity contribution is -0.126. The summed E-state index contributed by atoms with van der Waals surface area (Å²) in [6.07, 6.45) is 6.61. The Labute approximate surface area is 202 Å². The van der Waals surface area contributed by atoms with Gasteiger partial charge in [0.15, 0.2) is 0 Å². The third-order valence-corrected chi connectivity index (χ3v) is 8.77. The van der Waals surface area contributed by atoms with E-state index in [1.165, 1.54) is 0 Å². The molecule has 0 saturated heterocycles. The predicted octanol–water partition coefficient (Wildman–Crippen LogP) is 2.61. The Morgan fingerprint density at radius 2 is 1.79 bits per heavy atom. The molecule has 9 heteroatoms. The average Bonchev–Trinajstić information content (AvgIpc) is 3.62.